The molecular formula is C26H30F2N6O3S. The third-order valence-corrected chi connectivity index (χ3v) is 8.83. The van der Waals surface area contributed by atoms with Crippen molar-refractivity contribution in [2.45, 2.75) is 45.7 Å². The molecule has 38 heavy (non-hydrogen) atoms. The van der Waals surface area contributed by atoms with Gasteiger partial charge in [0.25, 0.3) is 0 Å². The summed E-state index contributed by atoms with van der Waals surface area (Å²) in [6.45, 7) is 5.85. The minimum absolute atomic E-state index is 0.0502. The summed E-state index contributed by atoms with van der Waals surface area (Å²) in [5.74, 6) is -0.441. The number of rotatable bonds is 7. The lowest BCUT2D eigenvalue weighted by Gasteiger charge is -2.36. The molecule has 5 rings (SSSR count). The van der Waals surface area contributed by atoms with Crippen LogP contribution in [0.3, 0.4) is 0 Å². The van der Waals surface area contributed by atoms with E-state index in [9.17, 15) is 12.8 Å². The highest BCUT2D eigenvalue weighted by molar-refractivity contribution is 7.89. The van der Waals surface area contributed by atoms with Gasteiger partial charge in [0.05, 0.1) is 24.2 Å². The third kappa shape index (κ3) is 5.41. The standard InChI is InChI=1S/C26H30F2N6O3S/c1-3-17(2)34-9-10-37-25-20(27)12-19(13-22(25)34)24-21(28)15-30-26(32-24)31-23-7-6-18(14-29-23)16-33-8-4-5-11-38(33,35)36/h6-7,12-15,17H,3-5,8-11,16H2,1-2H3,(H,29,30,31,32). The normalized spacial score (nSPS) is 17.9. The molecule has 1 unspecified atom stereocenters. The number of pyridine rings is 1. The molecule has 2 aliphatic heterocycles. The van der Waals surface area contributed by atoms with Crippen LogP contribution in [0, 0.1) is 11.6 Å². The Morgan fingerprint density at radius 3 is 2.68 bits per heavy atom. The first kappa shape index (κ1) is 26.2. The molecule has 0 saturated carbocycles. The van der Waals surface area contributed by atoms with E-state index < -0.39 is 21.7 Å². The van der Waals surface area contributed by atoms with E-state index in [-0.39, 0.29) is 41.3 Å². The number of sulfonamides is 1. The fraction of sp³-hybridized carbons (Fsp3) is 0.423. The van der Waals surface area contributed by atoms with Crippen LogP contribution < -0.4 is 15.0 Å². The Labute approximate surface area is 220 Å². The van der Waals surface area contributed by atoms with Crippen LogP contribution in [-0.2, 0) is 16.6 Å². The Balaban J connectivity index is 1.37. The maximum Gasteiger partial charge on any atom is 0.229 e. The van der Waals surface area contributed by atoms with Gasteiger partial charge in [-0.2, -0.15) is 4.31 Å². The summed E-state index contributed by atoms with van der Waals surface area (Å²) in [5, 5.41) is 2.94. The highest BCUT2D eigenvalue weighted by Gasteiger charge is 2.27. The molecule has 2 aliphatic rings. The van der Waals surface area contributed by atoms with Crippen molar-refractivity contribution in [2.24, 2.45) is 0 Å². The zero-order valence-corrected chi connectivity index (χ0v) is 22.1. The number of ether oxygens (including phenoxy) is 1. The van der Waals surface area contributed by atoms with Crippen molar-refractivity contribution in [3.63, 3.8) is 0 Å². The zero-order chi connectivity index (χ0) is 26.9. The van der Waals surface area contributed by atoms with Crippen molar-refractivity contribution < 1.29 is 21.9 Å². The first-order valence-electron chi connectivity index (χ1n) is 12.7. The molecule has 0 bridgehead atoms. The average Bonchev–Trinajstić information content (AvgIpc) is 2.91. The molecule has 0 spiro atoms. The van der Waals surface area contributed by atoms with E-state index in [4.69, 9.17) is 4.74 Å². The second-order valence-corrected chi connectivity index (χ2v) is 11.6. The summed E-state index contributed by atoms with van der Waals surface area (Å²) in [6, 6.07) is 6.52. The van der Waals surface area contributed by atoms with Gasteiger partial charge in [-0.3, -0.25) is 0 Å². The predicted molar refractivity (Wildman–Crippen MR) is 141 cm³/mol. The van der Waals surface area contributed by atoms with Crippen LogP contribution in [0.5, 0.6) is 5.75 Å². The van der Waals surface area contributed by atoms with Crippen molar-refractivity contribution in [3.8, 4) is 17.0 Å². The zero-order valence-electron chi connectivity index (χ0n) is 21.3. The first-order chi connectivity index (χ1) is 18.2. The Kier molecular flexibility index (Phi) is 7.44. The Bertz CT molecular complexity index is 1420. The Hall–Kier alpha value is -3.38. The number of nitrogens with zero attached hydrogens (tertiary/aromatic N) is 5. The summed E-state index contributed by atoms with van der Waals surface area (Å²) in [5.41, 5.74) is 1.54. The van der Waals surface area contributed by atoms with E-state index in [0.29, 0.717) is 37.6 Å². The lowest BCUT2D eigenvalue weighted by Crippen LogP contribution is -2.39. The van der Waals surface area contributed by atoms with Crippen LogP contribution in [0.15, 0.2) is 36.7 Å². The SMILES string of the molecule is CCC(C)N1CCOc2c(F)cc(-c3nc(Nc4ccc(CN5CCCCS5(=O)=O)cn4)ncc3F)cc21. The van der Waals surface area contributed by atoms with Gasteiger partial charge in [-0.05, 0) is 49.9 Å². The number of hydrogen-bond acceptors (Lipinski definition) is 8. The number of aromatic nitrogens is 3. The second kappa shape index (κ2) is 10.8. The summed E-state index contributed by atoms with van der Waals surface area (Å²) in [7, 11) is -3.24. The molecule has 202 valence electrons. The van der Waals surface area contributed by atoms with E-state index in [1.54, 1.807) is 24.4 Å². The topological polar surface area (TPSA) is 101 Å². The molecule has 1 N–H and O–H groups in total. The maximum absolute atomic E-state index is 15.0. The molecule has 1 fully saturated rings. The Morgan fingerprint density at radius 1 is 1.11 bits per heavy atom. The quantitative estimate of drug-likeness (QED) is 0.465. The van der Waals surface area contributed by atoms with Crippen molar-refractivity contribution in [3.05, 3.63) is 53.9 Å². The first-order valence-corrected chi connectivity index (χ1v) is 14.3. The Morgan fingerprint density at radius 2 is 1.95 bits per heavy atom. The highest BCUT2D eigenvalue weighted by atomic mass is 32.2. The van der Waals surface area contributed by atoms with Gasteiger partial charge in [0.1, 0.15) is 18.1 Å². The van der Waals surface area contributed by atoms with Crippen LogP contribution in [0.2, 0.25) is 0 Å². The summed E-state index contributed by atoms with van der Waals surface area (Å²) >= 11 is 0. The molecule has 0 amide bonds. The van der Waals surface area contributed by atoms with Crippen molar-refractivity contribution in [1.29, 1.82) is 0 Å². The summed E-state index contributed by atoms with van der Waals surface area (Å²) in [4.78, 5) is 14.7. The second-order valence-electron chi connectivity index (χ2n) is 9.53. The lowest BCUT2D eigenvalue weighted by molar-refractivity contribution is 0.285. The van der Waals surface area contributed by atoms with Crippen molar-refractivity contribution >= 4 is 27.5 Å². The number of fused-ring (bicyclic) bond motifs is 1. The third-order valence-electron chi connectivity index (χ3n) is 6.93. The predicted octanol–water partition coefficient (Wildman–Crippen LogP) is 4.48. The molecule has 1 aromatic carbocycles. The van der Waals surface area contributed by atoms with Gasteiger partial charge >= 0.3 is 0 Å². The van der Waals surface area contributed by atoms with Gasteiger partial charge in [-0.15, -0.1) is 0 Å². The van der Waals surface area contributed by atoms with Gasteiger partial charge in [0.2, 0.25) is 16.0 Å². The van der Waals surface area contributed by atoms with Crippen LogP contribution in [-0.4, -0.2) is 59.2 Å². The largest absolute Gasteiger partial charge is 0.486 e. The van der Waals surface area contributed by atoms with Crippen LogP contribution >= 0.6 is 0 Å². The molecule has 1 saturated heterocycles. The number of halogens is 2. The van der Waals surface area contributed by atoms with E-state index in [1.807, 2.05) is 0 Å². The fourth-order valence-corrected chi connectivity index (χ4v) is 6.25. The average molecular weight is 545 g/mol. The molecule has 1 atom stereocenters. The fourth-order valence-electron chi connectivity index (χ4n) is 4.67. The monoisotopic (exact) mass is 544 g/mol. The minimum Gasteiger partial charge on any atom is -0.486 e. The molecule has 0 radical (unpaired) electrons. The molecule has 2 aromatic heterocycles. The molecule has 3 aromatic rings. The number of anilines is 3. The smallest absolute Gasteiger partial charge is 0.229 e. The highest BCUT2D eigenvalue weighted by Crippen LogP contribution is 2.39. The van der Waals surface area contributed by atoms with Gasteiger partial charge in [0.15, 0.2) is 17.4 Å². The number of benzene rings is 1. The van der Waals surface area contributed by atoms with Crippen LogP contribution in [0.1, 0.15) is 38.7 Å². The van der Waals surface area contributed by atoms with Gasteiger partial charge < -0.3 is 15.0 Å². The van der Waals surface area contributed by atoms with Gasteiger partial charge in [0, 0.05) is 30.9 Å². The van der Waals surface area contributed by atoms with Crippen molar-refractivity contribution in [2.75, 3.05) is 35.7 Å². The summed E-state index contributed by atoms with van der Waals surface area (Å²) < 4.78 is 61.4. The summed E-state index contributed by atoms with van der Waals surface area (Å²) in [6.07, 6.45) is 5.00. The lowest BCUT2D eigenvalue weighted by atomic mass is 10.1. The van der Waals surface area contributed by atoms with Crippen molar-refractivity contribution in [1.82, 2.24) is 19.3 Å². The number of nitrogens with one attached hydrogen (secondary N) is 1. The molecule has 0 aliphatic carbocycles. The van der Waals surface area contributed by atoms with E-state index in [0.717, 1.165) is 24.6 Å². The van der Waals surface area contributed by atoms with E-state index >= 15 is 4.39 Å². The maximum atomic E-state index is 15.0. The number of hydrogen-bond donors (Lipinski definition) is 1. The molecule has 4 heterocycles. The molecule has 9 nitrogen and oxygen atoms in total. The van der Waals surface area contributed by atoms with Gasteiger partial charge in [-0.25, -0.2) is 32.2 Å². The van der Waals surface area contributed by atoms with E-state index in [1.165, 1.54) is 10.4 Å². The van der Waals surface area contributed by atoms with Gasteiger partial charge in [-0.1, -0.05) is 13.0 Å². The molecular weight excluding hydrogens is 514 g/mol. The van der Waals surface area contributed by atoms with Crippen LogP contribution in [0.25, 0.3) is 11.3 Å². The minimum atomic E-state index is -3.24. The van der Waals surface area contributed by atoms with E-state index in [2.05, 4.69) is 39.0 Å². The van der Waals surface area contributed by atoms with Crippen LogP contribution in [0.4, 0.5) is 26.2 Å². The molecule has 12 heteroatoms.